The molecule has 4 nitrogen and oxygen atoms in total. The van der Waals surface area contributed by atoms with Crippen molar-refractivity contribution in [1.82, 2.24) is 5.32 Å². The van der Waals surface area contributed by atoms with E-state index >= 15 is 0 Å². The summed E-state index contributed by atoms with van der Waals surface area (Å²) >= 11 is 0. The van der Waals surface area contributed by atoms with E-state index in [9.17, 15) is 4.79 Å². The van der Waals surface area contributed by atoms with E-state index in [-0.39, 0.29) is 5.91 Å². The molecule has 15 heavy (non-hydrogen) atoms. The van der Waals surface area contributed by atoms with Gasteiger partial charge in [0.15, 0.2) is 0 Å². The Kier molecular flexibility index (Phi) is 5.60. The van der Waals surface area contributed by atoms with E-state index in [1.54, 1.807) is 0 Å². The van der Waals surface area contributed by atoms with E-state index in [0.717, 1.165) is 36.4 Å². The zero-order valence-electron chi connectivity index (χ0n) is 9.20. The maximum Gasteiger partial charge on any atom is 0.243 e. The second kappa shape index (κ2) is 6.76. The third-order valence-corrected chi connectivity index (χ3v) is 3.12. The highest BCUT2D eigenvalue weighted by atomic mass is 28.2. The first-order valence-electron chi connectivity index (χ1n) is 5.31. The van der Waals surface area contributed by atoms with Gasteiger partial charge in [0.2, 0.25) is 5.91 Å². The topological polar surface area (TPSA) is 50.9 Å². The maximum atomic E-state index is 10.8. The van der Waals surface area contributed by atoms with Crippen LogP contribution in [-0.4, -0.2) is 41.8 Å². The summed E-state index contributed by atoms with van der Waals surface area (Å²) in [6.45, 7) is 4.97. The lowest BCUT2D eigenvalue weighted by atomic mass is 10.1. The molecular formula is C10H19NO3Si. The monoisotopic (exact) mass is 229 g/mol. The van der Waals surface area contributed by atoms with Gasteiger partial charge in [-0.1, -0.05) is 6.58 Å². The zero-order valence-corrected chi connectivity index (χ0v) is 11.2. The summed E-state index contributed by atoms with van der Waals surface area (Å²) in [5, 5.41) is 2.75. The van der Waals surface area contributed by atoms with Crippen LogP contribution in [0.5, 0.6) is 0 Å². The van der Waals surface area contributed by atoms with Crippen molar-refractivity contribution in [2.75, 3.05) is 13.2 Å². The third-order valence-electron chi connectivity index (χ3n) is 2.45. The van der Waals surface area contributed by atoms with Crippen molar-refractivity contribution in [2.24, 2.45) is 0 Å². The van der Waals surface area contributed by atoms with Crippen molar-refractivity contribution >= 4 is 16.4 Å². The van der Waals surface area contributed by atoms with E-state index in [1.807, 2.05) is 0 Å². The summed E-state index contributed by atoms with van der Waals surface area (Å²) in [7, 11) is 0.762. The molecule has 86 valence electrons. The van der Waals surface area contributed by atoms with Crippen molar-refractivity contribution in [3.63, 3.8) is 0 Å². The molecular weight excluding hydrogens is 210 g/mol. The summed E-state index contributed by atoms with van der Waals surface area (Å²) in [6, 6.07) is 0. The maximum absolute atomic E-state index is 10.8. The molecule has 5 heteroatoms. The first-order valence-corrected chi connectivity index (χ1v) is 6.12. The van der Waals surface area contributed by atoms with Gasteiger partial charge in [-0.3, -0.25) is 4.79 Å². The first kappa shape index (κ1) is 12.4. The molecule has 0 aromatic rings. The molecule has 1 amide bonds. The second-order valence-electron chi connectivity index (χ2n) is 3.69. The van der Waals surface area contributed by atoms with Gasteiger partial charge >= 0.3 is 0 Å². The molecule has 2 unspecified atom stereocenters. The number of amides is 1. The summed E-state index contributed by atoms with van der Waals surface area (Å²) in [4.78, 5) is 10.8. The highest BCUT2D eigenvalue weighted by molar-refractivity contribution is 5.98. The Morgan fingerprint density at radius 2 is 2.53 bits per heavy atom. The minimum absolute atomic E-state index is 0.108. The second-order valence-corrected chi connectivity index (χ2v) is 4.16. The van der Waals surface area contributed by atoms with Crippen molar-refractivity contribution in [3.8, 4) is 0 Å². The van der Waals surface area contributed by atoms with Gasteiger partial charge in [-0.2, -0.15) is 0 Å². The molecule has 1 aliphatic heterocycles. The van der Waals surface area contributed by atoms with E-state index < -0.39 is 0 Å². The molecule has 0 spiro atoms. The van der Waals surface area contributed by atoms with Crippen LogP contribution in [0, 0.1) is 0 Å². The Hall–Kier alpha value is -0.653. The number of carbonyl (C=O) groups is 1. The number of carbonyl (C=O) groups excluding carboxylic acids is 1. The molecule has 1 rings (SSSR count). The lowest BCUT2D eigenvalue weighted by Gasteiger charge is -2.14. The Balaban J connectivity index is 2.00. The summed E-state index contributed by atoms with van der Waals surface area (Å²) in [5.74, 6) is -0.108. The first-order chi connectivity index (χ1) is 7.26. The fraction of sp³-hybridized carbons (Fsp3) is 0.700. The van der Waals surface area contributed by atoms with Crippen LogP contribution in [0.3, 0.4) is 0 Å². The number of rotatable bonds is 8. The van der Waals surface area contributed by atoms with Gasteiger partial charge in [0.1, 0.15) is 10.5 Å². The Morgan fingerprint density at radius 1 is 1.80 bits per heavy atom. The smallest absolute Gasteiger partial charge is 0.243 e. The van der Waals surface area contributed by atoms with Crippen molar-refractivity contribution in [2.45, 2.75) is 31.5 Å². The van der Waals surface area contributed by atoms with Gasteiger partial charge in [0.05, 0.1) is 12.7 Å². The molecule has 1 aliphatic rings. The van der Waals surface area contributed by atoms with Gasteiger partial charge in [0, 0.05) is 19.1 Å². The standard InChI is InChI=1S/C10H19NO3Si/c1-2-10(12)11-5-3-4-8(14-15)6-9-7-13-9/h2,8-9H,1,3-7H2,15H3,(H,11,12). The third kappa shape index (κ3) is 5.71. The number of epoxide rings is 1. The molecule has 0 bridgehead atoms. The molecule has 0 radical (unpaired) electrons. The molecule has 1 fully saturated rings. The lowest BCUT2D eigenvalue weighted by molar-refractivity contribution is -0.116. The van der Waals surface area contributed by atoms with Gasteiger partial charge < -0.3 is 14.5 Å². The van der Waals surface area contributed by atoms with E-state index in [1.165, 1.54) is 6.08 Å². The fourth-order valence-electron chi connectivity index (χ4n) is 1.44. The predicted octanol–water partition coefficient (Wildman–Crippen LogP) is -0.477. The quantitative estimate of drug-likeness (QED) is 0.265. The molecule has 2 atom stereocenters. The van der Waals surface area contributed by atoms with Gasteiger partial charge in [-0.15, -0.1) is 0 Å². The average Bonchev–Trinajstić information content (AvgIpc) is 3.05. The van der Waals surface area contributed by atoms with E-state index in [4.69, 9.17) is 9.16 Å². The van der Waals surface area contributed by atoms with Crippen LogP contribution in [0.25, 0.3) is 0 Å². The zero-order chi connectivity index (χ0) is 11.1. The summed E-state index contributed by atoms with van der Waals surface area (Å²) < 4.78 is 10.6. The summed E-state index contributed by atoms with van der Waals surface area (Å²) in [5.41, 5.74) is 0. The van der Waals surface area contributed by atoms with E-state index in [2.05, 4.69) is 11.9 Å². The van der Waals surface area contributed by atoms with Crippen LogP contribution >= 0.6 is 0 Å². The summed E-state index contributed by atoms with van der Waals surface area (Å²) in [6.07, 6.45) is 4.95. The van der Waals surface area contributed by atoms with Crippen molar-refractivity contribution in [3.05, 3.63) is 12.7 Å². The minimum atomic E-state index is -0.108. The molecule has 0 saturated carbocycles. The highest BCUT2D eigenvalue weighted by Crippen LogP contribution is 2.19. The number of hydrogen-bond donors (Lipinski definition) is 1. The van der Waals surface area contributed by atoms with Crippen LogP contribution < -0.4 is 5.32 Å². The Labute approximate surface area is 93.6 Å². The Bertz CT molecular complexity index is 219. The molecule has 1 heterocycles. The molecule has 1 saturated heterocycles. The molecule has 0 aliphatic carbocycles. The minimum Gasteiger partial charge on any atom is -0.425 e. The molecule has 0 aromatic heterocycles. The van der Waals surface area contributed by atoms with Crippen molar-refractivity contribution < 1.29 is 14.0 Å². The molecule has 0 aromatic carbocycles. The van der Waals surface area contributed by atoms with Crippen LogP contribution in [-0.2, 0) is 14.0 Å². The number of hydrogen-bond acceptors (Lipinski definition) is 3. The number of ether oxygens (including phenoxy) is 1. The van der Waals surface area contributed by atoms with Gasteiger partial charge in [-0.25, -0.2) is 0 Å². The largest absolute Gasteiger partial charge is 0.425 e. The fourth-order valence-corrected chi connectivity index (χ4v) is 1.87. The lowest BCUT2D eigenvalue weighted by Crippen LogP contribution is -2.23. The van der Waals surface area contributed by atoms with Crippen LogP contribution in [0.4, 0.5) is 0 Å². The number of nitrogens with one attached hydrogen (secondary N) is 1. The van der Waals surface area contributed by atoms with Crippen LogP contribution in [0.15, 0.2) is 12.7 Å². The molecule has 1 N–H and O–H groups in total. The average molecular weight is 229 g/mol. The highest BCUT2D eigenvalue weighted by Gasteiger charge is 2.25. The van der Waals surface area contributed by atoms with Gasteiger partial charge in [-0.05, 0) is 18.9 Å². The van der Waals surface area contributed by atoms with E-state index in [0.29, 0.717) is 18.8 Å². The van der Waals surface area contributed by atoms with Crippen LogP contribution in [0.1, 0.15) is 19.3 Å². The normalized spacial score (nSPS) is 20.9. The SMILES string of the molecule is C=CC(=O)NCCCC(CC1CO1)O[SiH3]. The van der Waals surface area contributed by atoms with Crippen LogP contribution in [0.2, 0.25) is 0 Å². The van der Waals surface area contributed by atoms with Gasteiger partial charge in [0.25, 0.3) is 0 Å². The predicted molar refractivity (Wildman–Crippen MR) is 61.6 cm³/mol. The Morgan fingerprint density at radius 3 is 3.07 bits per heavy atom. The van der Waals surface area contributed by atoms with Crippen molar-refractivity contribution in [1.29, 1.82) is 0 Å².